The van der Waals surface area contributed by atoms with E-state index in [1.54, 1.807) is 6.20 Å². The van der Waals surface area contributed by atoms with Crippen LogP contribution < -0.4 is 5.32 Å². The normalized spacial score (nSPS) is 11.3. The van der Waals surface area contributed by atoms with Crippen LogP contribution >= 0.6 is 23.1 Å². The van der Waals surface area contributed by atoms with E-state index in [0.29, 0.717) is 5.13 Å². The molecule has 0 saturated carbocycles. The maximum Gasteiger partial charge on any atom is 0.236 e. The Morgan fingerprint density at radius 3 is 2.77 bits per heavy atom. The van der Waals surface area contributed by atoms with Crippen LogP contribution in [0.15, 0.2) is 34.9 Å². The van der Waals surface area contributed by atoms with E-state index in [1.807, 2.05) is 12.3 Å². The maximum atomic E-state index is 12.2. The zero-order valence-electron chi connectivity index (χ0n) is 14.6. The number of carbonyl (C=O) groups is 1. The molecule has 0 unspecified atom stereocenters. The van der Waals surface area contributed by atoms with Gasteiger partial charge >= 0.3 is 0 Å². The number of benzene rings is 1. The molecule has 0 radical (unpaired) electrons. The predicted octanol–water partition coefficient (Wildman–Crippen LogP) is 4.00. The Balaban J connectivity index is 1.72. The predicted molar refractivity (Wildman–Crippen MR) is 106 cm³/mol. The second-order valence-electron chi connectivity index (χ2n) is 6.10. The van der Waals surface area contributed by atoms with Gasteiger partial charge in [0, 0.05) is 17.0 Å². The van der Waals surface area contributed by atoms with Gasteiger partial charge in [-0.15, -0.1) is 21.5 Å². The quantitative estimate of drug-likeness (QED) is 0.539. The molecule has 8 heteroatoms. The number of hydrogen-bond acceptors (Lipinski definition) is 6. The lowest BCUT2D eigenvalue weighted by molar-refractivity contribution is -0.113. The number of rotatable bonds is 4. The van der Waals surface area contributed by atoms with Gasteiger partial charge in [-0.05, 0) is 43.5 Å². The van der Waals surface area contributed by atoms with Crippen LogP contribution in [0, 0.1) is 20.8 Å². The largest absolute Gasteiger partial charge is 0.301 e. The smallest absolute Gasteiger partial charge is 0.236 e. The van der Waals surface area contributed by atoms with Crippen LogP contribution in [-0.2, 0) is 4.79 Å². The molecule has 0 aliphatic heterocycles. The molecular weight excluding hydrogens is 366 g/mol. The van der Waals surface area contributed by atoms with Crippen LogP contribution in [0.5, 0.6) is 0 Å². The third-order valence-electron chi connectivity index (χ3n) is 4.22. The van der Waals surface area contributed by atoms with Crippen molar-refractivity contribution >= 4 is 50.7 Å². The fraction of sp³-hybridized carbons (Fsp3) is 0.222. The monoisotopic (exact) mass is 383 g/mol. The van der Waals surface area contributed by atoms with Crippen molar-refractivity contribution in [1.82, 2.24) is 19.6 Å². The summed E-state index contributed by atoms with van der Waals surface area (Å²) < 4.78 is 2.06. The third kappa shape index (κ3) is 2.95. The number of nitrogens with zero attached hydrogens (tertiary/aromatic N) is 4. The molecule has 132 valence electrons. The van der Waals surface area contributed by atoms with Gasteiger partial charge in [-0.2, -0.15) is 0 Å². The number of nitrogens with one attached hydrogen (secondary N) is 1. The molecule has 0 aliphatic carbocycles. The molecule has 0 aliphatic rings. The summed E-state index contributed by atoms with van der Waals surface area (Å²) in [4.78, 5) is 16.2. The number of hydrogen-bond donors (Lipinski definition) is 1. The molecule has 0 bridgehead atoms. The van der Waals surface area contributed by atoms with Crippen LogP contribution in [0.25, 0.3) is 16.6 Å². The molecule has 4 aromatic rings. The Morgan fingerprint density at radius 2 is 2.00 bits per heavy atom. The van der Waals surface area contributed by atoms with Crippen LogP contribution in [-0.4, -0.2) is 31.2 Å². The summed E-state index contributed by atoms with van der Waals surface area (Å²) in [5.41, 5.74) is 5.36. The lowest BCUT2D eigenvalue weighted by Crippen LogP contribution is -2.14. The van der Waals surface area contributed by atoms with Crippen molar-refractivity contribution in [3.8, 4) is 0 Å². The van der Waals surface area contributed by atoms with Gasteiger partial charge in [0.05, 0.1) is 11.3 Å². The van der Waals surface area contributed by atoms with E-state index in [4.69, 9.17) is 0 Å². The molecule has 1 amide bonds. The van der Waals surface area contributed by atoms with Crippen molar-refractivity contribution in [2.75, 3.05) is 11.1 Å². The molecule has 4 rings (SSSR count). The first-order valence-corrected chi connectivity index (χ1v) is 9.98. The Labute approximate surface area is 158 Å². The second-order valence-corrected chi connectivity index (χ2v) is 7.94. The van der Waals surface area contributed by atoms with Gasteiger partial charge in [0.15, 0.2) is 15.9 Å². The standard InChI is InChI=1S/C18H17N5OS2/c1-10-4-5-11(2)15-13(10)8-12(3)16-21-22-18(23(15)16)26-9-14(24)20-17-19-6-7-25-17/h4-8H,9H2,1-3H3,(H,19,20,24). The highest BCUT2D eigenvalue weighted by molar-refractivity contribution is 7.99. The summed E-state index contributed by atoms with van der Waals surface area (Å²) in [6.45, 7) is 6.22. The van der Waals surface area contributed by atoms with Gasteiger partial charge in [-0.3, -0.25) is 9.20 Å². The number of thiazole rings is 1. The maximum absolute atomic E-state index is 12.2. The lowest BCUT2D eigenvalue weighted by Gasteiger charge is -2.11. The minimum atomic E-state index is -0.105. The number of thioether (sulfide) groups is 1. The molecule has 0 spiro atoms. The molecule has 0 saturated heterocycles. The zero-order chi connectivity index (χ0) is 18.3. The number of carbonyl (C=O) groups excluding carboxylic acids is 1. The first-order valence-electron chi connectivity index (χ1n) is 8.11. The summed E-state index contributed by atoms with van der Waals surface area (Å²) in [5, 5.41) is 15.8. The van der Waals surface area contributed by atoms with Crippen LogP contribution in [0.4, 0.5) is 5.13 Å². The topological polar surface area (TPSA) is 72.2 Å². The Bertz CT molecular complexity index is 1120. The van der Waals surface area contributed by atoms with Gasteiger partial charge in [-0.25, -0.2) is 4.98 Å². The van der Waals surface area contributed by atoms with Crippen molar-refractivity contribution in [3.05, 3.63) is 46.5 Å². The average molecular weight is 384 g/mol. The van der Waals surface area contributed by atoms with E-state index in [-0.39, 0.29) is 11.7 Å². The fourth-order valence-corrected chi connectivity index (χ4v) is 4.25. The Kier molecular flexibility index (Phi) is 4.37. The minimum Gasteiger partial charge on any atom is -0.301 e. The van der Waals surface area contributed by atoms with Crippen molar-refractivity contribution in [1.29, 1.82) is 0 Å². The van der Waals surface area contributed by atoms with Crippen LogP contribution in [0.1, 0.15) is 16.7 Å². The van der Waals surface area contributed by atoms with E-state index >= 15 is 0 Å². The highest BCUT2D eigenvalue weighted by Gasteiger charge is 2.16. The summed E-state index contributed by atoms with van der Waals surface area (Å²) in [6.07, 6.45) is 1.67. The third-order valence-corrected chi connectivity index (χ3v) is 5.84. The highest BCUT2D eigenvalue weighted by Crippen LogP contribution is 2.29. The fourth-order valence-electron chi connectivity index (χ4n) is 2.97. The van der Waals surface area contributed by atoms with Crippen LogP contribution in [0.3, 0.4) is 0 Å². The SMILES string of the molecule is Cc1ccc(C)c2c1cc(C)c1nnc(SCC(=O)Nc3nccs3)n12. The van der Waals surface area contributed by atoms with Crippen molar-refractivity contribution in [2.24, 2.45) is 0 Å². The first-order chi connectivity index (χ1) is 12.5. The number of aromatic nitrogens is 4. The molecule has 6 nitrogen and oxygen atoms in total. The Morgan fingerprint density at radius 1 is 1.19 bits per heavy atom. The molecule has 0 atom stereocenters. The summed E-state index contributed by atoms with van der Waals surface area (Å²) >= 11 is 2.78. The van der Waals surface area contributed by atoms with E-state index in [9.17, 15) is 4.79 Å². The molecule has 3 heterocycles. The summed E-state index contributed by atoms with van der Waals surface area (Å²) in [6, 6.07) is 6.39. The average Bonchev–Trinajstić information content (AvgIpc) is 3.26. The number of amides is 1. The van der Waals surface area contributed by atoms with E-state index in [1.165, 1.54) is 34.0 Å². The zero-order valence-corrected chi connectivity index (χ0v) is 16.2. The second kappa shape index (κ2) is 6.69. The van der Waals surface area contributed by atoms with E-state index in [0.717, 1.165) is 27.4 Å². The van der Waals surface area contributed by atoms with Crippen molar-refractivity contribution in [3.63, 3.8) is 0 Å². The number of fused-ring (bicyclic) bond motifs is 3. The van der Waals surface area contributed by atoms with Gasteiger partial charge in [0.2, 0.25) is 5.91 Å². The van der Waals surface area contributed by atoms with Gasteiger partial charge in [-0.1, -0.05) is 23.9 Å². The minimum absolute atomic E-state index is 0.105. The molecule has 3 aromatic heterocycles. The highest BCUT2D eigenvalue weighted by atomic mass is 32.2. The number of anilines is 1. The number of pyridine rings is 1. The lowest BCUT2D eigenvalue weighted by atomic mass is 10.0. The molecule has 1 aromatic carbocycles. The summed E-state index contributed by atoms with van der Waals surface area (Å²) in [7, 11) is 0. The van der Waals surface area contributed by atoms with Gasteiger partial charge in [0.25, 0.3) is 0 Å². The van der Waals surface area contributed by atoms with Crippen LogP contribution in [0.2, 0.25) is 0 Å². The van der Waals surface area contributed by atoms with E-state index < -0.39 is 0 Å². The molecular formula is C18H17N5OS2. The first kappa shape index (κ1) is 17.0. The summed E-state index contributed by atoms with van der Waals surface area (Å²) in [5.74, 6) is 0.146. The van der Waals surface area contributed by atoms with Crippen molar-refractivity contribution < 1.29 is 4.79 Å². The molecule has 1 N–H and O–H groups in total. The van der Waals surface area contributed by atoms with Gasteiger partial charge < -0.3 is 5.32 Å². The van der Waals surface area contributed by atoms with Crippen molar-refractivity contribution in [2.45, 2.75) is 25.9 Å². The van der Waals surface area contributed by atoms with E-state index in [2.05, 4.69) is 56.9 Å². The molecule has 26 heavy (non-hydrogen) atoms. The molecule has 0 fully saturated rings. The number of aryl methyl sites for hydroxylation is 3. The Hall–Kier alpha value is -2.45. The van der Waals surface area contributed by atoms with Gasteiger partial charge in [0.1, 0.15) is 0 Å².